The van der Waals surface area contributed by atoms with Gasteiger partial charge in [0.05, 0.1) is 36.1 Å². The highest BCUT2D eigenvalue weighted by atomic mass is 79.9. The first kappa shape index (κ1) is 15.5. The number of halogens is 2. The Labute approximate surface area is 123 Å². The number of carboxylic acids is 1. The number of aromatic hydroxyl groups is 1. The zero-order valence-corrected chi connectivity index (χ0v) is 13.6. The van der Waals surface area contributed by atoms with Crippen LogP contribution >= 0.6 is 31.9 Å². The van der Waals surface area contributed by atoms with Crippen molar-refractivity contribution >= 4 is 37.8 Å². The molecule has 0 spiro atoms. The number of carbonyl (C=O) groups excluding carboxylic acids is 1. The number of quaternary nitrogens is 1. The molecule has 0 aliphatic rings. The SMILES string of the molecule is C[N+](C)(C)C(Cc1cc(Br)c(O)c(Br)c1)C(=O)[O-]. The Morgan fingerprint density at radius 3 is 2.11 bits per heavy atom. The molecule has 0 saturated heterocycles. The molecule has 0 bridgehead atoms. The minimum Gasteiger partial charge on any atom is -0.544 e. The molecule has 0 radical (unpaired) electrons. The van der Waals surface area contributed by atoms with Gasteiger partial charge in [-0.1, -0.05) is 0 Å². The topological polar surface area (TPSA) is 60.4 Å². The molecule has 1 N–H and O–H groups in total. The number of aliphatic carboxylic acids is 1. The molecule has 100 valence electrons. The maximum absolute atomic E-state index is 11.2. The van der Waals surface area contributed by atoms with Gasteiger partial charge in [-0.25, -0.2) is 0 Å². The fraction of sp³-hybridized carbons (Fsp3) is 0.417. The van der Waals surface area contributed by atoms with Gasteiger partial charge in [-0.3, -0.25) is 0 Å². The summed E-state index contributed by atoms with van der Waals surface area (Å²) in [6.07, 6.45) is 0.337. The van der Waals surface area contributed by atoms with Crippen molar-refractivity contribution in [2.45, 2.75) is 12.5 Å². The van der Waals surface area contributed by atoms with E-state index in [1.54, 1.807) is 12.1 Å². The van der Waals surface area contributed by atoms with Crippen molar-refractivity contribution in [3.8, 4) is 5.75 Å². The molecule has 0 saturated carbocycles. The summed E-state index contributed by atoms with van der Waals surface area (Å²) in [5.41, 5.74) is 0.814. The number of hydrogen-bond acceptors (Lipinski definition) is 3. The summed E-state index contributed by atoms with van der Waals surface area (Å²) in [4.78, 5) is 11.2. The number of hydrogen-bond donors (Lipinski definition) is 1. The number of rotatable bonds is 4. The van der Waals surface area contributed by atoms with Crippen LogP contribution in [0.3, 0.4) is 0 Å². The van der Waals surface area contributed by atoms with E-state index in [-0.39, 0.29) is 10.2 Å². The first-order valence-electron chi connectivity index (χ1n) is 5.31. The van der Waals surface area contributed by atoms with Crippen molar-refractivity contribution in [3.63, 3.8) is 0 Å². The van der Waals surface area contributed by atoms with E-state index in [2.05, 4.69) is 31.9 Å². The number of benzene rings is 1. The summed E-state index contributed by atoms with van der Waals surface area (Å²) >= 11 is 6.45. The number of phenols is 1. The molecule has 0 aromatic heterocycles. The van der Waals surface area contributed by atoms with Gasteiger partial charge in [-0.2, -0.15) is 0 Å². The van der Waals surface area contributed by atoms with Crippen LogP contribution in [0, 0.1) is 0 Å². The monoisotopic (exact) mass is 379 g/mol. The molecule has 1 unspecified atom stereocenters. The van der Waals surface area contributed by atoms with Gasteiger partial charge in [0.15, 0.2) is 0 Å². The molecule has 1 aromatic rings. The predicted molar refractivity (Wildman–Crippen MR) is 74.0 cm³/mol. The van der Waals surface area contributed by atoms with Crippen molar-refractivity contribution in [1.29, 1.82) is 0 Å². The van der Waals surface area contributed by atoms with Crippen LogP contribution < -0.4 is 5.11 Å². The average Bonchev–Trinajstić information content (AvgIpc) is 2.20. The normalized spacial score (nSPS) is 13.4. The highest BCUT2D eigenvalue weighted by Crippen LogP contribution is 2.33. The predicted octanol–water partition coefficient (Wildman–Crippen LogP) is 1.28. The van der Waals surface area contributed by atoms with E-state index in [9.17, 15) is 15.0 Å². The first-order chi connectivity index (χ1) is 8.12. The Hall–Kier alpha value is -0.590. The molecule has 0 aliphatic heterocycles. The lowest BCUT2D eigenvalue weighted by Crippen LogP contribution is -2.55. The van der Waals surface area contributed by atoms with E-state index in [4.69, 9.17) is 0 Å². The van der Waals surface area contributed by atoms with E-state index >= 15 is 0 Å². The highest BCUT2D eigenvalue weighted by molar-refractivity contribution is 9.11. The van der Waals surface area contributed by atoms with Crippen LogP contribution in [0.25, 0.3) is 0 Å². The average molecular weight is 381 g/mol. The Morgan fingerprint density at radius 2 is 1.78 bits per heavy atom. The standard InChI is InChI=1S/C12H15Br2NO3/c1-15(2,3)10(12(17)18)6-7-4-8(13)11(16)9(14)5-7/h4-5,10H,6H2,1-3H3,(H-,16,17,18). The van der Waals surface area contributed by atoms with Crippen LogP contribution in [0.4, 0.5) is 0 Å². The van der Waals surface area contributed by atoms with Crippen molar-refractivity contribution < 1.29 is 19.5 Å². The van der Waals surface area contributed by atoms with Gasteiger partial charge in [0.25, 0.3) is 0 Å². The molecule has 1 aromatic carbocycles. The molecule has 6 heteroatoms. The third kappa shape index (κ3) is 3.70. The second kappa shape index (κ2) is 5.59. The molecule has 0 fully saturated rings. The van der Waals surface area contributed by atoms with Crippen molar-refractivity contribution in [1.82, 2.24) is 0 Å². The molecular weight excluding hydrogens is 366 g/mol. The van der Waals surface area contributed by atoms with Gasteiger partial charge < -0.3 is 19.5 Å². The zero-order chi connectivity index (χ0) is 14.1. The van der Waals surface area contributed by atoms with E-state index < -0.39 is 12.0 Å². The fourth-order valence-electron chi connectivity index (χ4n) is 1.63. The number of phenolic OH excluding ortho intramolecular Hbond substituents is 1. The minimum atomic E-state index is -1.08. The second-order valence-electron chi connectivity index (χ2n) is 5.06. The van der Waals surface area contributed by atoms with Gasteiger partial charge in [0.2, 0.25) is 0 Å². The summed E-state index contributed by atoms with van der Waals surface area (Å²) in [5, 5.41) is 20.8. The van der Waals surface area contributed by atoms with Gasteiger partial charge >= 0.3 is 0 Å². The summed E-state index contributed by atoms with van der Waals surface area (Å²) < 4.78 is 1.34. The number of carbonyl (C=O) groups is 1. The fourth-order valence-corrected chi connectivity index (χ4v) is 2.91. The Bertz CT molecular complexity index is 446. The third-order valence-electron chi connectivity index (χ3n) is 2.71. The quantitative estimate of drug-likeness (QED) is 0.800. The lowest BCUT2D eigenvalue weighted by molar-refractivity contribution is -0.889. The number of nitrogens with zero attached hydrogens (tertiary/aromatic N) is 1. The lowest BCUT2D eigenvalue weighted by atomic mass is 10.0. The summed E-state index contributed by atoms with van der Waals surface area (Å²) in [6.45, 7) is 0. The summed E-state index contributed by atoms with van der Waals surface area (Å²) in [5.74, 6) is -0.975. The van der Waals surface area contributed by atoms with E-state index in [0.29, 0.717) is 15.4 Å². The Kier molecular flexibility index (Phi) is 4.80. The van der Waals surface area contributed by atoms with Crippen molar-refractivity contribution in [2.75, 3.05) is 21.1 Å². The van der Waals surface area contributed by atoms with Crippen LogP contribution in [0.2, 0.25) is 0 Å². The smallest absolute Gasteiger partial charge is 0.143 e. The summed E-state index contributed by atoms with van der Waals surface area (Å²) in [6, 6.07) is 2.78. The van der Waals surface area contributed by atoms with Gasteiger partial charge in [0, 0.05) is 6.42 Å². The Balaban J connectivity index is 3.06. The van der Waals surface area contributed by atoms with Gasteiger partial charge in [-0.05, 0) is 49.6 Å². The molecule has 1 atom stereocenters. The van der Waals surface area contributed by atoms with E-state index in [1.165, 1.54) is 0 Å². The largest absolute Gasteiger partial charge is 0.544 e. The molecule has 0 heterocycles. The van der Waals surface area contributed by atoms with Crippen molar-refractivity contribution in [2.24, 2.45) is 0 Å². The third-order valence-corrected chi connectivity index (χ3v) is 3.92. The highest BCUT2D eigenvalue weighted by Gasteiger charge is 2.25. The molecule has 1 rings (SSSR count). The molecule has 0 aliphatic carbocycles. The maximum atomic E-state index is 11.2. The van der Waals surface area contributed by atoms with Crippen LogP contribution in [-0.2, 0) is 11.2 Å². The van der Waals surface area contributed by atoms with Crippen LogP contribution in [0.15, 0.2) is 21.1 Å². The molecule has 0 amide bonds. The van der Waals surface area contributed by atoms with Gasteiger partial charge in [-0.15, -0.1) is 0 Å². The second-order valence-corrected chi connectivity index (χ2v) is 6.77. The zero-order valence-electron chi connectivity index (χ0n) is 10.4. The molecular formula is C12H15Br2NO3. The maximum Gasteiger partial charge on any atom is 0.143 e. The van der Waals surface area contributed by atoms with Gasteiger partial charge in [0.1, 0.15) is 11.8 Å². The lowest BCUT2D eigenvalue weighted by Gasteiger charge is -2.34. The molecule has 18 heavy (non-hydrogen) atoms. The molecule has 4 nitrogen and oxygen atoms in total. The number of carboxylic acid groups (broad SMARTS) is 1. The Morgan fingerprint density at radius 1 is 1.33 bits per heavy atom. The summed E-state index contributed by atoms with van der Waals surface area (Å²) in [7, 11) is 5.43. The van der Waals surface area contributed by atoms with E-state index in [1.807, 2.05) is 21.1 Å². The minimum absolute atomic E-state index is 0.106. The van der Waals surface area contributed by atoms with E-state index in [0.717, 1.165) is 5.56 Å². The van der Waals surface area contributed by atoms with Crippen molar-refractivity contribution in [3.05, 3.63) is 26.6 Å². The number of likely N-dealkylation sites (N-methyl/N-ethyl adjacent to an activating group) is 1. The first-order valence-corrected chi connectivity index (χ1v) is 6.90. The van der Waals surface area contributed by atoms with Crippen LogP contribution in [0.5, 0.6) is 5.75 Å². The van der Waals surface area contributed by atoms with Crippen LogP contribution in [-0.4, -0.2) is 42.7 Å². The van der Waals surface area contributed by atoms with Crippen LogP contribution in [0.1, 0.15) is 5.56 Å².